The van der Waals surface area contributed by atoms with E-state index >= 15 is 0 Å². The first-order chi connectivity index (χ1) is 12.1. The van der Waals surface area contributed by atoms with Gasteiger partial charge in [-0.2, -0.15) is 0 Å². The third kappa shape index (κ3) is 5.16. The molecule has 0 saturated heterocycles. The molecule has 1 fully saturated rings. The van der Waals surface area contributed by atoms with Crippen molar-refractivity contribution in [1.82, 2.24) is 10.3 Å². The molecule has 0 radical (unpaired) electrons. The zero-order chi connectivity index (χ0) is 17.6. The summed E-state index contributed by atoms with van der Waals surface area (Å²) in [6, 6.07) is 7.69. The van der Waals surface area contributed by atoms with Gasteiger partial charge in [0.1, 0.15) is 0 Å². The Morgan fingerprint density at radius 1 is 1.32 bits per heavy atom. The van der Waals surface area contributed by atoms with Crippen LogP contribution in [0, 0.1) is 5.92 Å². The van der Waals surface area contributed by atoms with Gasteiger partial charge in [0.2, 0.25) is 5.91 Å². The Balaban J connectivity index is 1.43. The first kappa shape index (κ1) is 18.1. The number of rotatable bonds is 7. The molecule has 1 aromatic heterocycles. The van der Waals surface area contributed by atoms with Crippen molar-refractivity contribution >= 4 is 32.6 Å². The standard InChI is InChI=1S/C19H28N4OS/c1-13(12-21-19-23-16-9-5-6-10-17(16)25-19)22-18(24)15(20)11-14-7-3-2-4-8-14/h5-6,9-10,13-15H,2-4,7-8,11-12,20H2,1H3,(H,21,23)(H,22,24)/t13-,15-/m0/s1. The number of para-hydroxylation sites is 1. The van der Waals surface area contributed by atoms with Crippen LogP contribution in [0.25, 0.3) is 10.2 Å². The van der Waals surface area contributed by atoms with Gasteiger partial charge in [-0.15, -0.1) is 0 Å². The maximum Gasteiger partial charge on any atom is 0.237 e. The largest absolute Gasteiger partial charge is 0.359 e. The first-order valence-corrected chi connectivity index (χ1v) is 10.1. The van der Waals surface area contributed by atoms with E-state index in [9.17, 15) is 4.79 Å². The molecule has 5 nitrogen and oxygen atoms in total. The summed E-state index contributed by atoms with van der Waals surface area (Å²) < 4.78 is 1.16. The molecule has 0 aliphatic heterocycles. The summed E-state index contributed by atoms with van der Waals surface area (Å²) in [7, 11) is 0. The molecule has 1 saturated carbocycles. The normalized spacial score (nSPS) is 18.0. The number of hydrogen-bond donors (Lipinski definition) is 3. The number of nitrogens with one attached hydrogen (secondary N) is 2. The molecule has 1 amide bonds. The van der Waals surface area contributed by atoms with Crippen molar-refractivity contribution in [3.8, 4) is 0 Å². The molecular formula is C19H28N4OS. The van der Waals surface area contributed by atoms with Crippen molar-refractivity contribution < 1.29 is 4.79 Å². The van der Waals surface area contributed by atoms with Crippen LogP contribution < -0.4 is 16.4 Å². The Kier molecular flexibility index (Phi) is 6.26. The fourth-order valence-electron chi connectivity index (χ4n) is 3.48. The van der Waals surface area contributed by atoms with E-state index in [2.05, 4.69) is 21.7 Å². The molecule has 136 valence electrons. The van der Waals surface area contributed by atoms with Crippen LogP contribution in [0.4, 0.5) is 5.13 Å². The van der Waals surface area contributed by atoms with Crippen LogP contribution >= 0.6 is 11.3 Å². The van der Waals surface area contributed by atoms with Gasteiger partial charge in [-0.25, -0.2) is 4.98 Å². The number of amides is 1. The number of benzene rings is 1. The summed E-state index contributed by atoms with van der Waals surface area (Å²) in [5.74, 6) is 0.579. The molecule has 3 rings (SSSR count). The summed E-state index contributed by atoms with van der Waals surface area (Å²) in [6.45, 7) is 2.63. The second kappa shape index (κ2) is 8.63. The minimum atomic E-state index is -0.395. The Morgan fingerprint density at radius 3 is 2.84 bits per heavy atom. The summed E-state index contributed by atoms with van der Waals surface area (Å²) in [6.07, 6.45) is 7.13. The summed E-state index contributed by atoms with van der Waals surface area (Å²) in [4.78, 5) is 16.8. The number of thiazole rings is 1. The summed E-state index contributed by atoms with van der Waals surface area (Å²) >= 11 is 1.63. The van der Waals surface area contributed by atoms with Crippen molar-refractivity contribution in [3.63, 3.8) is 0 Å². The fourth-order valence-corrected chi connectivity index (χ4v) is 4.35. The van der Waals surface area contributed by atoms with Crippen molar-refractivity contribution in [3.05, 3.63) is 24.3 Å². The molecule has 1 aliphatic carbocycles. The maximum absolute atomic E-state index is 12.3. The van der Waals surface area contributed by atoms with Gasteiger partial charge in [0, 0.05) is 12.6 Å². The summed E-state index contributed by atoms with van der Waals surface area (Å²) in [5.41, 5.74) is 7.11. The predicted molar refractivity (Wildman–Crippen MR) is 105 cm³/mol. The van der Waals surface area contributed by atoms with Crippen LogP contribution in [-0.4, -0.2) is 29.5 Å². The van der Waals surface area contributed by atoms with Crippen molar-refractivity contribution in [1.29, 1.82) is 0 Å². The van der Waals surface area contributed by atoms with Gasteiger partial charge in [0.25, 0.3) is 0 Å². The van der Waals surface area contributed by atoms with E-state index in [1.165, 1.54) is 32.1 Å². The van der Waals surface area contributed by atoms with Crippen LogP contribution in [0.3, 0.4) is 0 Å². The minimum absolute atomic E-state index is 0.0110. The van der Waals surface area contributed by atoms with Gasteiger partial charge in [-0.1, -0.05) is 55.6 Å². The van der Waals surface area contributed by atoms with Crippen molar-refractivity contribution in [2.45, 2.75) is 57.5 Å². The van der Waals surface area contributed by atoms with Gasteiger partial charge < -0.3 is 16.4 Å². The lowest BCUT2D eigenvalue weighted by molar-refractivity contribution is -0.123. The van der Waals surface area contributed by atoms with E-state index in [-0.39, 0.29) is 11.9 Å². The lowest BCUT2D eigenvalue weighted by Crippen LogP contribution is -2.47. The minimum Gasteiger partial charge on any atom is -0.359 e. The van der Waals surface area contributed by atoms with Gasteiger partial charge in [0.15, 0.2) is 5.13 Å². The third-order valence-electron chi connectivity index (χ3n) is 4.89. The average Bonchev–Trinajstić information content (AvgIpc) is 3.04. The molecule has 2 atom stereocenters. The van der Waals surface area contributed by atoms with E-state index < -0.39 is 6.04 Å². The van der Waals surface area contributed by atoms with Gasteiger partial charge in [0.05, 0.1) is 16.3 Å². The number of fused-ring (bicyclic) bond motifs is 1. The number of hydrogen-bond acceptors (Lipinski definition) is 5. The van der Waals surface area contributed by atoms with Crippen LogP contribution in [0.15, 0.2) is 24.3 Å². The lowest BCUT2D eigenvalue weighted by Gasteiger charge is -2.25. The van der Waals surface area contributed by atoms with Crippen molar-refractivity contribution in [2.75, 3.05) is 11.9 Å². The highest BCUT2D eigenvalue weighted by Crippen LogP contribution is 2.27. The van der Waals surface area contributed by atoms with E-state index in [0.29, 0.717) is 12.5 Å². The number of nitrogens with two attached hydrogens (primary N) is 1. The van der Waals surface area contributed by atoms with Crippen LogP contribution in [-0.2, 0) is 4.79 Å². The number of carbonyl (C=O) groups excluding carboxylic acids is 1. The highest BCUT2D eigenvalue weighted by molar-refractivity contribution is 7.22. The molecule has 6 heteroatoms. The summed E-state index contributed by atoms with van der Waals surface area (Å²) in [5, 5.41) is 7.22. The van der Waals surface area contributed by atoms with Gasteiger partial charge in [-0.05, 0) is 31.4 Å². The SMILES string of the molecule is C[C@@H](CNc1nc2ccccc2s1)NC(=O)[C@@H](N)CC1CCCCC1. The van der Waals surface area contributed by atoms with E-state index in [1.807, 2.05) is 25.1 Å². The van der Waals surface area contributed by atoms with E-state index in [4.69, 9.17) is 5.73 Å². The average molecular weight is 361 g/mol. The molecule has 0 spiro atoms. The molecule has 1 aliphatic rings. The second-order valence-corrected chi connectivity index (χ2v) is 8.15. The van der Waals surface area contributed by atoms with Crippen LogP contribution in [0.1, 0.15) is 45.4 Å². The number of anilines is 1. The number of carbonyl (C=O) groups is 1. The molecule has 4 N–H and O–H groups in total. The topological polar surface area (TPSA) is 80.0 Å². The molecule has 1 aromatic carbocycles. The zero-order valence-electron chi connectivity index (χ0n) is 14.8. The zero-order valence-corrected chi connectivity index (χ0v) is 15.6. The highest BCUT2D eigenvalue weighted by atomic mass is 32.1. The molecular weight excluding hydrogens is 332 g/mol. The lowest BCUT2D eigenvalue weighted by atomic mass is 9.85. The highest BCUT2D eigenvalue weighted by Gasteiger charge is 2.22. The predicted octanol–water partition coefficient (Wildman–Crippen LogP) is 3.51. The Labute approximate surface area is 153 Å². The fraction of sp³-hybridized carbons (Fsp3) is 0.579. The molecule has 0 unspecified atom stereocenters. The second-order valence-electron chi connectivity index (χ2n) is 7.12. The first-order valence-electron chi connectivity index (χ1n) is 9.27. The molecule has 2 aromatic rings. The van der Waals surface area contributed by atoms with Crippen LogP contribution in [0.2, 0.25) is 0 Å². The molecule has 0 bridgehead atoms. The maximum atomic E-state index is 12.3. The van der Waals surface area contributed by atoms with E-state index in [1.54, 1.807) is 11.3 Å². The quantitative estimate of drug-likeness (QED) is 0.706. The molecule has 1 heterocycles. The van der Waals surface area contributed by atoms with Crippen LogP contribution in [0.5, 0.6) is 0 Å². The van der Waals surface area contributed by atoms with E-state index in [0.717, 1.165) is 21.8 Å². The smallest absolute Gasteiger partial charge is 0.237 e. The number of nitrogens with zero attached hydrogens (tertiary/aromatic N) is 1. The third-order valence-corrected chi connectivity index (χ3v) is 5.88. The number of aromatic nitrogens is 1. The Hall–Kier alpha value is -1.66. The Bertz CT molecular complexity index is 663. The monoisotopic (exact) mass is 360 g/mol. The van der Waals surface area contributed by atoms with Crippen molar-refractivity contribution in [2.24, 2.45) is 11.7 Å². The molecule has 25 heavy (non-hydrogen) atoms. The Morgan fingerprint density at radius 2 is 2.08 bits per heavy atom. The van der Waals surface area contributed by atoms with Gasteiger partial charge >= 0.3 is 0 Å². The van der Waals surface area contributed by atoms with Gasteiger partial charge in [-0.3, -0.25) is 4.79 Å².